The molecule has 4 nitrogen and oxygen atoms in total. The minimum Gasteiger partial charge on any atom is -0.477 e. The molecule has 1 aromatic heterocycles. The molecule has 1 aliphatic rings. The summed E-state index contributed by atoms with van der Waals surface area (Å²) in [5, 5.41) is 8.98. The quantitative estimate of drug-likeness (QED) is 0.874. The van der Waals surface area contributed by atoms with Gasteiger partial charge in [0.25, 0.3) is 0 Å². The van der Waals surface area contributed by atoms with Crippen molar-refractivity contribution in [2.24, 2.45) is 11.3 Å². The average Bonchev–Trinajstić information content (AvgIpc) is 2.26. The van der Waals surface area contributed by atoms with E-state index in [-0.39, 0.29) is 11.1 Å². The molecule has 1 N–H and O–H groups in total. The number of hydrogen-bond acceptors (Lipinski definition) is 3. The lowest BCUT2D eigenvalue weighted by atomic mass is 9.79. The van der Waals surface area contributed by atoms with Gasteiger partial charge in [-0.25, -0.2) is 9.78 Å². The molecule has 18 heavy (non-hydrogen) atoms. The van der Waals surface area contributed by atoms with Crippen LogP contribution in [0.2, 0.25) is 0 Å². The fourth-order valence-electron chi connectivity index (χ4n) is 2.92. The van der Waals surface area contributed by atoms with Crippen molar-refractivity contribution in [3.8, 4) is 0 Å². The number of pyridine rings is 1. The van der Waals surface area contributed by atoms with Crippen molar-refractivity contribution in [3.63, 3.8) is 0 Å². The van der Waals surface area contributed by atoms with Crippen molar-refractivity contribution in [2.45, 2.75) is 27.2 Å². The zero-order valence-corrected chi connectivity index (χ0v) is 11.2. The van der Waals surface area contributed by atoms with Gasteiger partial charge >= 0.3 is 5.97 Å². The zero-order valence-electron chi connectivity index (χ0n) is 11.2. The summed E-state index contributed by atoms with van der Waals surface area (Å²) in [6.07, 6.45) is 1.20. The minimum atomic E-state index is -0.971. The van der Waals surface area contributed by atoms with Crippen LogP contribution >= 0.6 is 0 Å². The molecule has 98 valence electrons. The molecule has 4 heteroatoms. The molecule has 1 saturated heterocycles. The van der Waals surface area contributed by atoms with Crippen LogP contribution in [0.1, 0.15) is 37.7 Å². The highest BCUT2D eigenvalue weighted by atomic mass is 16.4. The number of aromatic carboxylic acids is 1. The van der Waals surface area contributed by atoms with E-state index < -0.39 is 5.97 Å². The first-order chi connectivity index (χ1) is 8.37. The number of carbonyl (C=O) groups is 1. The highest BCUT2D eigenvalue weighted by Crippen LogP contribution is 2.33. The van der Waals surface area contributed by atoms with E-state index >= 15 is 0 Å². The molecule has 1 unspecified atom stereocenters. The SMILES string of the molecule is CC1CN(c2cccc(C(=O)O)n2)CC(C)(C)C1. The average molecular weight is 248 g/mol. The third kappa shape index (κ3) is 2.81. The van der Waals surface area contributed by atoms with Crippen molar-refractivity contribution in [3.05, 3.63) is 23.9 Å². The molecule has 1 atom stereocenters. The van der Waals surface area contributed by atoms with Gasteiger partial charge in [0.2, 0.25) is 0 Å². The van der Waals surface area contributed by atoms with Crippen molar-refractivity contribution >= 4 is 11.8 Å². The van der Waals surface area contributed by atoms with E-state index in [9.17, 15) is 4.79 Å². The molecule has 0 bridgehead atoms. The summed E-state index contributed by atoms with van der Waals surface area (Å²) in [7, 11) is 0. The van der Waals surface area contributed by atoms with Crippen LogP contribution < -0.4 is 4.90 Å². The smallest absolute Gasteiger partial charge is 0.354 e. The minimum absolute atomic E-state index is 0.114. The molecule has 0 aliphatic carbocycles. The van der Waals surface area contributed by atoms with Crippen LogP contribution in [0.3, 0.4) is 0 Å². The Balaban J connectivity index is 2.25. The topological polar surface area (TPSA) is 53.4 Å². The molecule has 0 aromatic carbocycles. The maximum Gasteiger partial charge on any atom is 0.354 e. The number of rotatable bonds is 2. The Labute approximate surface area is 108 Å². The van der Waals surface area contributed by atoms with Crippen LogP contribution in [0.15, 0.2) is 18.2 Å². The first-order valence-corrected chi connectivity index (χ1v) is 6.33. The second-order valence-electron chi connectivity index (χ2n) is 6.04. The number of piperidine rings is 1. The molecule has 1 fully saturated rings. The Morgan fingerprint density at radius 1 is 1.50 bits per heavy atom. The van der Waals surface area contributed by atoms with E-state index in [1.165, 1.54) is 12.5 Å². The Morgan fingerprint density at radius 2 is 2.22 bits per heavy atom. The summed E-state index contributed by atoms with van der Waals surface area (Å²) in [6.45, 7) is 8.59. The predicted molar refractivity (Wildman–Crippen MR) is 71.0 cm³/mol. The van der Waals surface area contributed by atoms with Gasteiger partial charge in [-0.3, -0.25) is 0 Å². The van der Waals surface area contributed by atoms with E-state index in [1.807, 2.05) is 6.07 Å². The lowest BCUT2D eigenvalue weighted by molar-refractivity contribution is 0.0690. The largest absolute Gasteiger partial charge is 0.477 e. The van der Waals surface area contributed by atoms with Crippen LogP contribution in [-0.2, 0) is 0 Å². The summed E-state index contributed by atoms with van der Waals surface area (Å²) in [5.74, 6) is 0.403. The molecular weight excluding hydrogens is 228 g/mol. The van der Waals surface area contributed by atoms with Crippen molar-refractivity contribution in [1.29, 1.82) is 0 Å². The maximum atomic E-state index is 10.9. The lowest BCUT2D eigenvalue weighted by Gasteiger charge is -2.42. The number of aromatic nitrogens is 1. The summed E-state index contributed by atoms with van der Waals surface area (Å²) >= 11 is 0. The molecule has 0 radical (unpaired) electrons. The Hall–Kier alpha value is -1.58. The molecule has 1 aromatic rings. The normalized spacial score (nSPS) is 22.8. The lowest BCUT2D eigenvalue weighted by Crippen LogP contribution is -2.44. The zero-order chi connectivity index (χ0) is 13.3. The molecule has 0 spiro atoms. The fraction of sp³-hybridized carbons (Fsp3) is 0.571. The summed E-state index contributed by atoms with van der Waals surface area (Å²) < 4.78 is 0. The summed E-state index contributed by atoms with van der Waals surface area (Å²) in [5.41, 5.74) is 0.363. The molecule has 0 amide bonds. The number of carboxylic acids is 1. The van der Waals surface area contributed by atoms with E-state index in [2.05, 4.69) is 30.7 Å². The van der Waals surface area contributed by atoms with Gasteiger partial charge in [0.15, 0.2) is 5.69 Å². The maximum absolute atomic E-state index is 10.9. The van der Waals surface area contributed by atoms with Gasteiger partial charge in [0.05, 0.1) is 0 Å². The van der Waals surface area contributed by atoms with Gasteiger partial charge in [0, 0.05) is 13.1 Å². The number of carboxylic acid groups (broad SMARTS) is 1. The third-order valence-corrected chi connectivity index (χ3v) is 3.33. The molecule has 2 rings (SSSR count). The fourth-order valence-corrected chi connectivity index (χ4v) is 2.92. The number of nitrogens with zero attached hydrogens (tertiary/aromatic N) is 2. The van der Waals surface area contributed by atoms with E-state index in [0.29, 0.717) is 5.92 Å². The van der Waals surface area contributed by atoms with Gasteiger partial charge in [-0.05, 0) is 29.9 Å². The van der Waals surface area contributed by atoms with Gasteiger partial charge in [0.1, 0.15) is 5.82 Å². The van der Waals surface area contributed by atoms with Gasteiger partial charge in [-0.2, -0.15) is 0 Å². The monoisotopic (exact) mass is 248 g/mol. The highest BCUT2D eigenvalue weighted by Gasteiger charge is 2.31. The van der Waals surface area contributed by atoms with Crippen LogP contribution in [0.5, 0.6) is 0 Å². The number of hydrogen-bond donors (Lipinski definition) is 1. The van der Waals surface area contributed by atoms with Gasteiger partial charge in [-0.1, -0.05) is 26.8 Å². The first kappa shape index (κ1) is 12.9. The van der Waals surface area contributed by atoms with Crippen molar-refractivity contribution in [1.82, 2.24) is 4.98 Å². The Morgan fingerprint density at radius 3 is 2.83 bits per heavy atom. The molecule has 2 heterocycles. The summed E-state index contributed by atoms with van der Waals surface area (Å²) in [6, 6.07) is 5.18. The molecule has 1 aliphatic heterocycles. The second-order valence-corrected chi connectivity index (χ2v) is 6.04. The second kappa shape index (κ2) is 4.59. The number of anilines is 1. The van der Waals surface area contributed by atoms with E-state index in [0.717, 1.165) is 18.9 Å². The van der Waals surface area contributed by atoms with Gasteiger partial charge in [-0.15, -0.1) is 0 Å². The molecular formula is C14H20N2O2. The van der Waals surface area contributed by atoms with Crippen LogP contribution in [0.4, 0.5) is 5.82 Å². The van der Waals surface area contributed by atoms with Gasteiger partial charge < -0.3 is 10.0 Å². The predicted octanol–water partition coefficient (Wildman–Crippen LogP) is 2.65. The van der Waals surface area contributed by atoms with Crippen LogP contribution in [0, 0.1) is 11.3 Å². The first-order valence-electron chi connectivity index (χ1n) is 6.33. The van der Waals surface area contributed by atoms with E-state index in [1.54, 1.807) is 6.07 Å². The molecule has 0 saturated carbocycles. The third-order valence-electron chi connectivity index (χ3n) is 3.33. The van der Waals surface area contributed by atoms with Crippen molar-refractivity contribution < 1.29 is 9.90 Å². The summed E-state index contributed by atoms with van der Waals surface area (Å²) in [4.78, 5) is 17.4. The highest BCUT2D eigenvalue weighted by molar-refractivity contribution is 5.85. The van der Waals surface area contributed by atoms with Crippen molar-refractivity contribution in [2.75, 3.05) is 18.0 Å². The Bertz CT molecular complexity index is 457. The Kier molecular flexibility index (Phi) is 3.28. The van der Waals surface area contributed by atoms with Crippen LogP contribution in [-0.4, -0.2) is 29.1 Å². The standard InChI is InChI=1S/C14H20N2O2/c1-10-7-14(2,3)9-16(8-10)12-6-4-5-11(15-12)13(17)18/h4-6,10H,7-9H2,1-3H3,(H,17,18). The van der Waals surface area contributed by atoms with Crippen LogP contribution in [0.25, 0.3) is 0 Å². The van der Waals surface area contributed by atoms with E-state index in [4.69, 9.17) is 5.11 Å².